The van der Waals surface area contributed by atoms with Crippen LogP contribution in [0.1, 0.15) is 20.8 Å². The molecule has 0 aliphatic carbocycles. The maximum Gasteiger partial charge on any atom is 0.303 e. The van der Waals surface area contributed by atoms with Gasteiger partial charge in [0.1, 0.15) is 108 Å². The van der Waals surface area contributed by atoms with Crippen molar-refractivity contribution in [3.63, 3.8) is 0 Å². The van der Waals surface area contributed by atoms with E-state index in [-0.39, 0.29) is 28.4 Å². The molecule has 20 atom stereocenters. The van der Waals surface area contributed by atoms with Gasteiger partial charge in [0.05, 0.1) is 32.5 Å². The topological polar surface area (TPSA) is 382 Å². The molecule has 4 fully saturated rings. The van der Waals surface area contributed by atoms with E-state index in [9.17, 15) is 70.9 Å². The van der Waals surface area contributed by atoms with Gasteiger partial charge in [-0.15, -0.1) is 0 Å². The zero-order valence-corrected chi connectivity index (χ0v) is 36.1. The predicted octanol–water partition coefficient (Wildman–Crippen LogP) is -4.19. The van der Waals surface area contributed by atoms with Crippen molar-refractivity contribution in [2.45, 2.75) is 144 Å². The van der Waals surface area contributed by atoms with Gasteiger partial charge < -0.3 is 113 Å². The quantitative estimate of drug-likeness (QED) is 0.0723. The molecule has 12 N–H and O–H groups in total. The maximum atomic E-state index is 14.7. The van der Waals surface area contributed by atoms with Crippen LogP contribution in [0.2, 0.25) is 0 Å². The average molecular weight is 959 g/mol. The van der Waals surface area contributed by atoms with Gasteiger partial charge in [0, 0.05) is 24.6 Å². The Hall–Kier alpha value is -4.36. The van der Waals surface area contributed by atoms with Crippen molar-refractivity contribution in [2.24, 2.45) is 0 Å². The molecule has 25 heteroatoms. The summed E-state index contributed by atoms with van der Waals surface area (Å²) in [7, 11) is 1.28. The van der Waals surface area contributed by atoms with E-state index >= 15 is 0 Å². The highest BCUT2D eigenvalue weighted by atomic mass is 16.8. The van der Waals surface area contributed by atoms with Crippen LogP contribution in [0.25, 0.3) is 22.3 Å². The minimum atomic E-state index is -2.09. The minimum Gasteiger partial charge on any atom is -0.508 e. The van der Waals surface area contributed by atoms with E-state index in [1.807, 2.05) is 0 Å². The van der Waals surface area contributed by atoms with E-state index in [0.29, 0.717) is 0 Å². The molecule has 4 aliphatic heterocycles. The van der Waals surface area contributed by atoms with Crippen LogP contribution in [0.5, 0.6) is 23.0 Å². The zero-order valence-electron chi connectivity index (χ0n) is 36.1. The van der Waals surface area contributed by atoms with Crippen LogP contribution in [-0.2, 0) is 38.0 Å². The van der Waals surface area contributed by atoms with Crippen LogP contribution in [-0.4, -0.2) is 210 Å². The highest BCUT2D eigenvalue weighted by Gasteiger charge is 2.53. The summed E-state index contributed by atoms with van der Waals surface area (Å²) in [4.78, 5) is 26.8. The molecule has 0 unspecified atom stereocenters. The summed E-state index contributed by atoms with van der Waals surface area (Å²) in [6, 6.07) is 7.68. The number of benzene rings is 2. The summed E-state index contributed by atoms with van der Waals surface area (Å²) < 4.78 is 63.2. The Balaban J connectivity index is 1.18. The molecule has 4 aliphatic rings. The zero-order chi connectivity index (χ0) is 48.8. The lowest BCUT2D eigenvalue weighted by Crippen LogP contribution is -2.64. The Bertz CT molecular complexity index is 2220. The van der Waals surface area contributed by atoms with E-state index in [1.165, 1.54) is 57.4 Å². The Morgan fingerprint density at radius 2 is 1.24 bits per heavy atom. The first kappa shape index (κ1) is 50.5. The van der Waals surface area contributed by atoms with E-state index in [2.05, 4.69) is 0 Å². The van der Waals surface area contributed by atoms with Crippen molar-refractivity contribution in [3.05, 3.63) is 46.6 Å². The lowest BCUT2D eigenvalue weighted by Gasteiger charge is -2.46. The number of phenolic OH excluding ortho intramolecular Hbond substituents is 1. The standard InChI is InChI=1S/C42H54O25/c1-13-24(46)28(50)31(53)40(59-13)67-38-34(56)39(60-14(2)35(38)61-15(3)44)58-12-22-26(48)30(52)33(55)42(65-22)66-37-27(49)23-19(62-36(37)16-5-7-17(45)8-6-16)9-18(57-4)10-20(23)63-41-32(54)29(51)25(47)21(11-43)64-41/h5-10,13-14,21-22,24-26,28-35,38-43,45-48,50-56H,11-12H2,1-4H3/t13-,14-,21+,22+,24-,25+,26-,28+,29-,30-,31+,32+,33+,34+,35-,38-,39+,40-,41+,42-/m0/s1. The molecule has 1 aromatic heterocycles. The van der Waals surface area contributed by atoms with Crippen LogP contribution < -0.4 is 19.6 Å². The number of aliphatic hydroxyl groups is 11. The molecule has 0 bridgehead atoms. The monoisotopic (exact) mass is 958 g/mol. The minimum absolute atomic E-state index is 0.0425. The van der Waals surface area contributed by atoms with Gasteiger partial charge in [-0.3, -0.25) is 9.59 Å². The molecule has 0 spiro atoms. The number of aliphatic hydroxyl groups excluding tert-OH is 11. The molecular weight excluding hydrogens is 904 g/mol. The molecule has 25 nitrogen and oxygen atoms in total. The highest BCUT2D eigenvalue weighted by Crippen LogP contribution is 2.40. The first-order chi connectivity index (χ1) is 31.7. The second-order valence-electron chi connectivity index (χ2n) is 16.5. The van der Waals surface area contributed by atoms with E-state index in [4.69, 9.17) is 51.8 Å². The van der Waals surface area contributed by atoms with Gasteiger partial charge in [-0.1, -0.05) is 0 Å². The number of hydrogen-bond acceptors (Lipinski definition) is 25. The van der Waals surface area contributed by atoms with Gasteiger partial charge in [0.25, 0.3) is 0 Å². The molecule has 2 aromatic carbocycles. The maximum absolute atomic E-state index is 14.7. The SMILES string of the molecule is COc1cc(O[C@@H]2O[C@H](CO)[C@@H](O)[C@H](O)[C@H]2O)c2c(=O)c(O[C@@H]3O[C@H](CO[C@@H]4O[C@@H](C)[C@H](OC(C)=O)[C@@H](O[C@@H]5O[C@@H](C)[C@H](O)[C@@H](O)[C@H]5O)[C@H]4O)[C@H](O)[C@H](O)[C@H]3O)c(-c3ccc(O)cc3)oc2c1. The number of fused-ring (bicyclic) bond motifs is 1. The number of methoxy groups -OCH3 is 1. The fourth-order valence-electron chi connectivity index (χ4n) is 8.03. The molecular formula is C42H54O25. The molecule has 67 heavy (non-hydrogen) atoms. The van der Waals surface area contributed by atoms with Crippen molar-refractivity contribution < 1.29 is 118 Å². The number of phenols is 1. The third kappa shape index (κ3) is 10.2. The predicted molar refractivity (Wildman–Crippen MR) is 217 cm³/mol. The molecule has 372 valence electrons. The molecule has 0 saturated carbocycles. The van der Waals surface area contributed by atoms with Gasteiger partial charge in [-0.2, -0.15) is 0 Å². The number of aromatic hydroxyl groups is 1. The fourth-order valence-corrected chi connectivity index (χ4v) is 8.03. The number of carbonyl (C=O) groups is 1. The second kappa shape index (κ2) is 20.7. The molecule has 5 heterocycles. The molecule has 7 rings (SSSR count). The Morgan fingerprint density at radius 1 is 0.657 bits per heavy atom. The first-order valence-corrected chi connectivity index (χ1v) is 21.0. The van der Waals surface area contributed by atoms with E-state index in [0.717, 1.165) is 6.92 Å². The highest BCUT2D eigenvalue weighted by molar-refractivity contribution is 5.88. The normalized spacial score (nSPS) is 39.1. The number of carbonyl (C=O) groups excluding carboxylic acids is 1. The van der Waals surface area contributed by atoms with E-state index in [1.54, 1.807) is 0 Å². The van der Waals surface area contributed by atoms with Gasteiger partial charge in [0.2, 0.25) is 23.8 Å². The first-order valence-electron chi connectivity index (χ1n) is 21.0. The van der Waals surface area contributed by atoms with Crippen molar-refractivity contribution in [1.29, 1.82) is 0 Å². The Labute approximate surface area is 379 Å². The van der Waals surface area contributed by atoms with Crippen molar-refractivity contribution in [1.82, 2.24) is 0 Å². The smallest absolute Gasteiger partial charge is 0.303 e. The number of hydrogen-bond donors (Lipinski definition) is 12. The second-order valence-corrected chi connectivity index (χ2v) is 16.5. The number of ether oxygens (including phenoxy) is 10. The number of rotatable bonds is 13. The Morgan fingerprint density at radius 3 is 1.87 bits per heavy atom. The van der Waals surface area contributed by atoms with Gasteiger partial charge in [-0.25, -0.2) is 0 Å². The van der Waals surface area contributed by atoms with Gasteiger partial charge in [0.15, 0.2) is 24.4 Å². The summed E-state index contributed by atoms with van der Waals surface area (Å²) in [5, 5.41) is 127. The summed E-state index contributed by atoms with van der Waals surface area (Å²) in [6.07, 6.45) is -33.8. The van der Waals surface area contributed by atoms with Crippen LogP contribution in [0, 0.1) is 0 Å². The average Bonchev–Trinajstić information content (AvgIpc) is 3.30. The summed E-state index contributed by atoms with van der Waals surface area (Å²) in [5.41, 5.74) is -1.15. The summed E-state index contributed by atoms with van der Waals surface area (Å²) in [5.74, 6) is -2.37. The lowest BCUT2D eigenvalue weighted by atomic mass is 9.97. The van der Waals surface area contributed by atoms with E-state index < -0.39 is 164 Å². The number of esters is 1. The molecule has 3 aromatic rings. The van der Waals surface area contributed by atoms with Gasteiger partial charge in [-0.05, 0) is 38.1 Å². The molecule has 0 amide bonds. The third-order valence-electron chi connectivity index (χ3n) is 11.8. The summed E-state index contributed by atoms with van der Waals surface area (Å²) >= 11 is 0. The third-order valence-corrected chi connectivity index (χ3v) is 11.8. The summed E-state index contributed by atoms with van der Waals surface area (Å²) in [6.45, 7) is 2.36. The van der Waals surface area contributed by atoms with Crippen molar-refractivity contribution in [3.8, 4) is 34.3 Å². The molecule has 0 radical (unpaired) electrons. The Kier molecular flexibility index (Phi) is 15.6. The largest absolute Gasteiger partial charge is 0.508 e. The lowest BCUT2D eigenvalue weighted by molar-refractivity contribution is -0.359. The van der Waals surface area contributed by atoms with Crippen molar-refractivity contribution in [2.75, 3.05) is 20.3 Å². The van der Waals surface area contributed by atoms with Crippen LogP contribution in [0.3, 0.4) is 0 Å². The fraction of sp³-hybridized carbons (Fsp3) is 0.619. The van der Waals surface area contributed by atoms with Crippen LogP contribution in [0.4, 0.5) is 0 Å². The van der Waals surface area contributed by atoms with Gasteiger partial charge >= 0.3 is 5.97 Å². The van der Waals surface area contributed by atoms with Crippen LogP contribution >= 0.6 is 0 Å². The van der Waals surface area contributed by atoms with Crippen LogP contribution in [0.15, 0.2) is 45.6 Å². The molecule has 4 saturated heterocycles. The van der Waals surface area contributed by atoms with Crippen molar-refractivity contribution >= 4 is 16.9 Å².